The van der Waals surface area contributed by atoms with Crippen molar-refractivity contribution >= 4 is 29.7 Å². The highest BCUT2D eigenvalue weighted by atomic mass is 35.5. The van der Waals surface area contributed by atoms with E-state index in [0.717, 1.165) is 17.5 Å². The molecule has 5 nitrogen and oxygen atoms in total. The maximum atomic E-state index is 12.8. The highest BCUT2D eigenvalue weighted by molar-refractivity contribution is 7.71. The van der Waals surface area contributed by atoms with Crippen LogP contribution in [0.3, 0.4) is 0 Å². The van der Waals surface area contributed by atoms with Gasteiger partial charge in [-0.05, 0) is 54.4 Å². The van der Waals surface area contributed by atoms with Gasteiger partial charge in [-0.1, -0.05) is 55.8 Å². The van der Waals surface area contributed by atoms with E-state index in [4.69, 9.17) is 23.8 Å². The second-order valence-electron chi connectivity index (χ2n) is 7.11. The Hall–Kier alpha value is -2.44. The van der Waals surface area contributed by atoms with Gasteiger partial charge in [0.05, 0.1) is 6.04 Å². The maximum absolute atomic E-state index is 12.8. The smallest absolute Gasteiger partial charge is 0.240 e. The molecule has 7 heteroatoms. The van der Waals surface area contributed by atoms with Crippen LogP contribution in [0.15, 0.2) is 54.6 Å². The van der Waals surface area contributed by atoms with Gasteiger partial charge < -0.3 is 5.32 Å². The Labute approximate surface area is 174 Å². The third-order valence-electron chi connectivity index (χ3n) is 4.41. The second kappa shape index (κ2) is 9.17. The Kier molecular flexibility index (Phi) is 6.65. The molecule has 0 aliphatic carbocycles. The van der Waals surface area contributed by atoms with Crippen molar-refractivity contribution in [2.75, 3.05) is 0 Å². The lowest BCUT2D eigenvalue weighted by atomic mass is 9.97. The van der Waals surface area contributed by atoms with Crippen molar-refractivity contribution in [1.82, 2.24) is 20.1 Å². The first-order valence-electron chi connectivity index (χ1n) is 9.19. The van der Waals surface area contributed by atoms with Gasteiger partial charge in [0.25, 0.3) is 0 Å². The average Bonchev–Trinajstić information content (AvgIpc) is 3.02. The number of hydrogen-bond acceptors (Lipinski definition) is 3. The second-order valence-corrected chi connectivity index (χ2v) is 7.93. The van der Waals surface area contributed by atoms with Crippen LogP contribution >= 0.6 is 23.8 Å². The summed E-state index contributed by atoms with van der Waals surface area (Å²) in [5.74, 6) is 0.949. The van der Waals surface area contributed by atoms with Crippen LogP contribution in [-0.4, -0.2) is 20.7 Å². The van der Waals surface area contributed by atoms with E-state index >= 15 is 0 Å². The third-order valence-corrected chi connectivity index (χ3v) is 4.97. The van der Waals surface area contributed by atoms with Crippen LogP contribution in [0.4, 0.5) is 0 Å². The van der Waals surface area contributed by atoms with Crippen molar-refractivity contribution in [2.45, 2.75) is 32.9 Å². The number of nitrogens with one attached hydrogen (secondary N) is 2. The lowest BCUT2D eigenvalue weighted by Crippen LogP contribution is -2.32. The highest BCUT2D eigenvalue weighted by Gasteiger charge is 2.18. The van der Waals surface area contributed by atoms with E-state index in [9.17, 15) is 4.79 Å². The van der Waals surface area contributed by atoms with Gasteiger partial charge in [-0.2, -0.15) is 5.10 Å². The number of carbonyl (C=O) groups excluding carboxylic acids is 1. The van der Waals surface area contributed by atoms with Gasteiger partial charge >= 0.3 is 0 Å². The molecule has 3 aromatic rings. The van der Waals surface area contributed by atoms with Gasteiger partial charge in [0.1, 0.15) is 6.54 Å². The minimum atomic E-state index is -0.109. The quantitative estimate of drug-likeness (QED) is 0.524. The number of carbonyl (C=O) groups is 1. The fourth-order valence-corrected chi connectivity index (χ4v) is 3.43. The summed E-state index contributed by atoms with van der Waals surface area (Å²) in [6.07, 6.45) is 0.858. The summed E-state index contributed by atoms with van der Waals surface area (Å²) in [5.41, 5.74) is 1.93. The Morgan fingerprint density at radius 2 is 1.86 bits per heavy atom. The molecule has 0 spiro atoms. The molecule has 0 saturated carbocycles. The fraction of sp³-hybridized carbons (Fsp3) is 0.286. The van der Waals surface area contributed by atoms with E-state index in [1.807, 2.05) is 42.5 Å². The molecule has 0 aliphatic heterocycles. The van der Waals surface area contributed by atoms with Crippen molar-refractivity contribution in [3.8, 4) is 11.4 Å². The van der Waals surface area contributed by atoms with E-state index in [1.54, 1.807) is 16.7 Å². The number of nitrogens with zero attached hydrogens (tertiary/aromatic N) is 2. The van der Waals surface area contributed by atoms with Gasteiger partial charge in [-0.3, -0.25) is 14.5 Å². The van der Waals surface area contributed by atoms with Crippen molar-refractivity contribution in [3.05, 3.63) is 70.0 Å². The molecule has 1 atom stereocenters. The molecule has 0 aliphatic rings. The molecule has 2 N–H and O–H groups in total. The number of halogens is 1. The molecular weight excluding hydrogens is 392 g/mol. The fourth-order valence-electron chi connectivity index (χ4n) is 3.10. The van der Waals surface area contributed by atoms with E-state index < -0.39 is 0 Å². The molecule has 0 saturated heterocycles. The van der Waals surface area contributed by atoms with Gasteiger partial charge in [0.2, 0.25) is 5.91 Å². The van der Waals surface area contributed by atoms with Crippen LogP contribution in [0, 0.1) is 10.7 Å². The molecule has 0 unspecified atom stereocenters. The molecule has 0 fully saturated rings. The number of hydrogen-bond donors (Lipinski definition) is 2. The first kappa shape index (κ1) is 20.3. The summed E-state index contributed by atoms with van der Waals surface area (Å²) in [6.45, 7) is 4.38. The molecule has 1 aromatic heterocycles. The zero-order valence-electron chi connectivity index (χ0n) is 15.9. The van der Waals surface area contributed by atoms with E-state index in [-0.39, 0.29) is 18.5 Å². The van der Waals surface area contributed by atoms with Gasteiger partial charge in [-0.25, -0.2) is 0 Å². The molecule has 146 valence electrons. The number of rotatable bonds is 7. The summed E-state index contributed by atoms with van der Waals surface area (Å²) >= 11 is 11.3. The first-order valence-corrected chi connectivity index (χ1v) is 9.98. The van der Waals surface area contributed by atoms with Crippen LogP contribution in [0.2, 0.25) is 5.02 Å². The monoisotopic (exact) mass is 414 g/mol. The van der Waals surface area contributed by atoms with Crippen LogP contribution in [0.1, 0.15) is 31.9 Å². The van der Waals surface area contributed by atoms with Gasteiger partial charge in [0, 0.05) is 10.6 Å². The SMILES string of the molecule is CC(C)C[C@@H](NC(=O)Cn1c(-c2ccc(Cl)cc2)n[nH]c1=S)c1ccccc1. The Bertz CT molecular complexity index is 980. The van der Waals surface area contributed by atoms with Gasteiger partial charge in [0.15, 0.2) is 10.6 Å². The molecule has 0 radical (unpaired) electrons. The van der Waals surface area contributed by atoms with Crippen molar-refractivity contribution in [2.24, 2.45) is 5.92 Å². The minimum Gasteiger partial charge on any atom is -0.348 e. The summed E-state index contributed by atoms with van der Waals surface area (Å²) in [4.78, 5) is 12.8. The summed E-state index contributed by atoms with van der Waals surface area (Å²) in [6, 6.07) is 17.3. The van der Waals surface area contributed by atoms with Gasteiger partial charge in [-0.15, -0.1) is 0 Å². The predicted octanol–water partition coefficient (Wildman–Crippen LogP) is 5.16. The maximum Gasteiger partial charge on any atom is 0.240 e. The zero-order chi connectivity index (χ0) is 20.1. The minimum absolute atomic E-state index is 0.0474. The molecule has 2 aromatic carbocycles. The Morgan fingerprint density at radius 3 is 2.50 bits per heavy atom. The Balaban J connectivity index is 1.80. The summed E-state index contributed by atoms with van der Waals surface area (Å²) in [7, 11) is 0. The standard InChI is InChI=1S/C21H23ClN4OS/c1-14(2)12-18(15-6-4-3-5-7-15)23-19(27)13-26-20(24-25-21(26)28)16-8-10-17(22)11-9-16/h3-11,14,18H,12-13H2,1-2H3,(H,23,27)(H,25,28)/t18-/m1/s1. The van der Waals surface area contributed by atoms with Crippen LogP contribution in [0.5, 0.6) is 0 Å². The molecule has 1 amide bonds. The van der Waals surface area contributed by atoms with Crippen molar-refractivity contribution < 1.29 is 4.79 Å². The molecule has 28 heavy (non-hydrogen) atoms. The average molecular weight is 415 g/mol. The van der Waals surface area contributed by atoms with Crippen molar-refractivity contribution in [1.29, 1.82) is 0 Å². The largest absolute Gasteiger partial charge is 0.348 e. The predicted molar refractivity (Wildman–Crippen MR) is 115 cm³/mol. The van der Waals surface area contributed by atoms with Crippen LogP contribution in [0.25, 0.3) is 11.4 Å². The molecular formula is C21H23ClN4OS. The third kappa shape index (κ3) is 5.09. The number of amides is 1. The first-order chi connectivity index (χ1) is 13.4. The number of aromatic nitrogens is 3. The molecule has 3 rings (SSSR count). The normalized spacial score (nSPS) is 12.1. The number of H-pyrrole nitrogens is 1. The van der Waals surface area contributed by atoms with E-state index in [2.05, 4.69) is 29.4 Å². The summed E-state index contributed by atoms with van der Waals surface area (Å²) in [5, 5.41) is 10.8. The van der Waals surface area contributed by atoms with E-state index in [1.165, 1.54) is 0 Å². The number of benzene rings is 2. The molecule has 1 heterocycles. The molecule has 0 bridgehead atoms. The lowest BCUT2D eigenvalue weighted by Gasteiger charge is -2.21. The van der Waals surface area contributed by atoms with Crippen LogP contribution in [-0.2, 0) is 11.3 Å². The lowest BCUT2D eigenvalue weighted by molar-refractivity contribution is -0.122. The summed E-state index contributed by atoms with van der Waals surface area (Å²) < 4.78 is 2.10. The number of aromatic amines is 1. The van der Waals surface area contributed by atoms with Crippen molar-refractivity contribution in [3.63, 3.8) is 0 Å². The van der Waals surface area contributed by atoms with Crippen LogP contribution < -0.4 is 5.32 Å². The highest BCUT2D eigenvalue weighted by Crippen LogP contribution is 2.22. The topological polar surface area (TPSA) is 62.7 Å². The van der Waals surface area contributed by atoms with E-state index in [0.29, 0.717) is 21.5 Å². The zero-order valence-corrected chi connectivity index (χ0v) is 17.4. The Morgan fingerprint density at radius 1 is 1.18 bits per heavy atom.